The fraction of sp³-hybridized carbons (Fsp3) is 0.455. The van der Waals surface area contributed by atoms with Gasteiger partial charge in [0.2, 0.25) is 0 Å². The van der Waals surface area contributed by atoms with E-state index in [4.69, 9.17) is 0 Å². The minimum Gasteiger partial charge on any atom is -0.0561 e. The highest BCUT2D eigenvalue weighted by Gasteiger charge is 2.20. The van der Waals surface area contributed by atoms with Gasteiger partial charge in [-0.15, -0.1) is 0 Å². The third-order valence-electron chi connectivity index (χ3n) is 4.88. The molecule has 2 aromatic rings. The zero-order valence-corrected chi connectivity index (χ0v) is 16.8. The van der Waals surface area contributed by atoms with Crippen LogP contribution >= 0.6 is 0 Å². The second-order valence-electron chi connectivity index (χ2n) is 7.74. The third-order valence-corrected chi connectivity index (χ3v) is 7.56. The largest absolute Gasteiger partial charge is 0.357 e. The molecule has 0 spiro atoms. The van der Waals surface area contributed by atoms with Crippen molar-refractivity contribution in [2.45, 2.75) is 64.2 Å². The van der Waals surface area contributed by atoms with Crippen LogP contribution in [0.2, 0.25) is 0 Å². The Morgan fingerprint density at radius 3 is 1.78 bits per heavy atom. The Hall–Kier alpha value is -0.830. The molecule has 0 saturated heterocycles. The van der Waals surface area contributed by atoms with E-state index in [1.54, 1.807) is 5.56 Å². The van der Waals surface area contributed by atoms with Gasteiger partial charge in [-0.25, -0.2) is 0 Å². The summed E-state index contributed by atoms with van der Waals surface area (Å²) in [6.45, 7) is 6.84. The van der Waals surface area contributed by atoms with Crippen LogP contribution < -0.4 is 21.2 Å². The number of hydrogen-bond donors (Lipinski definition) is 0. The van der Waals surface area contributed by atoms with E-state index in [1.807, 2.05) is 0 Å². The Labute approximate surface area is 152 Å². The number of halogens is 1. The molecule has 1 heteroatoms. The molecule has 0 unspecified atom stereocenters. The molecule has 0 bridgehead atoms. The summed E-state index contributed by atoms with van der Waals surface area (Å²) in [5, 5.41) is 0. The van der Waals surface area contributed by atoms with Gasteiger partial charge in [-0.05, 0) is 59.6 Å². The van der Waals surface area contributed by atoms with E-state index >= 15 is 0 Å². The van der Waals surface area contributed by atoms with Crippen LogP contribution in [0.3, 0.4) is 0 Å². The van der Waals surface area contributed by atoms with Gasteiger partial charge < -0.3 is 0 Å². The Balaban J connectivity index is 1.66. The summed E-state index contributed by atoms with van der Waals surface area (Å²) >= 11 is -0.0522. The van der Waals surface area contributed by atoms with E-state index in [-0.39, 0.29) is 26.6 Å². The van der Waals surface area contributed by atoms with Crippen molar-refractivity contribution in [3.05, 3.63) is 66.8 Å². The molecular weight excluding hydrogens is 391 g/mol. The van der Waals surface area contributed by atoms with Gasteiger partial charge in [0.15, 0.2) is 7.14 Å². The molecule has 0 radical (unpaired) electrons. The van der Waals surface area contributed by atoms with Crippen molar-refractivity contribution in [2.24, 2.45) is 0 Å². The highest BCUT2D eigenvalue weighted by atomic mass is 127. The lowest BCUT2D eigenvalue weighted by Gasteiger charge is -2.21. The van der Waals surface area contributed by atoms with Crippen molar-refractivity contribution in [3.8, 4) is 0 Å². The molecule has 1 aliphatic carbocycles. The average Bonchev–Trinajstić information content (AvgIpc) is 2.56. The minimum atomic E-state index is -0.0522. The molecular formula is C22H28I+. The number of hydrogen-bond acceptors (Lipinski definition) is 0. The number of rotatable bonds is 3. The van der Waals surface area contributed by atoms with Crippen LogP contribution in [-0.2, 0) is 5.41 Å². The highest BCUT2D eigenvalue weighted by molar-refractivity contribution is 5.22. The van der Waals surface area contributed by atoms with E-state index in [9.17, 15) is 0 Å². The standard InChI is InChI=1S/C22H28I/c1-22(2,3)19-11-15-21(16-12-19)23-20-13-9-18(10-14-20)17-7-5-4-6-8-17/h9-17H,4-8H2,1-3H3/q+1. The molecule has 1 saturated carbocycles. The Morgan fingerprint density at radius 2 is 1.26 bits per heavy atom. The summed E-state index contributed by atoms with van der Waals surface area (Å²) in [5.41, 5.74) is 3.25. The molecule has 1 aliphatic rings. The molecule has 1 fully saturated rings. The smallest absolute Gasteiger partial charge is 0.0561 e. The first kappa shape index (κ1) is 17.0. The maximum Gasteiger partial charge on any atom is 0.357 e. The lowest BCUT2D eigenvalue weighted by Crippen LogP contribution is -3.61. The normalized spacial score (nSPS) is 16.5. The summed E-state index contributed by atoms with van der Waals surface area (Å²) in [6, 6.07) is 18.9. The summed E-state index contributed by atoms with van der Waals surface area (Å²) in [5.74, 6) is 0.821. The summed E-state index contributed by atoms with van der Waals surface area (Å²) in [7, 11) is 0. The molecule has 122 valence electrons. The van der Waals surface area contributed by atoms with Crippen LogP contribution in [0.25, 0.3) is 0 Å². The van der Waals surface area contributed by atoms with Crippen molar-refractivity contribution in [3.63, 3.8) is 0 Å². The minimum absolute atomic E-state index is 0.0522. The Morgan fingerprint density at radius 1 is 0.739 bits per heavy atom. The van der Waals surface area contributed by atoms with Gasteiger partial charge in [-0.3, -0.25) is 0 Å². The summed E-state index contributed by atoms with van der Waals surface area (Å²) < 4.78 is 3.05. The molecule has 0 atom stereocenters. The fourth-order valence-electron chi connectivity index (χ4n) is 3.37. The van der Waals surface area contributed by atoms with E-state index in [0.717, 1.165) is 5.92 Å². The van der Waals surface area contributed by atoms with Crippen molar-refractivity contribution in [1.29, 1.82) is 0 Å². The fourth-order valence-corrected chi connectivity index (χ4v) is 5.53. The lowest BCUT2D eigenvalue weighted by atomic mass is 9.84. The van der Waals surface area contributed by atoms with Gasteiger partial charge in [-0.2, -0.15) is 0 Å². The third kappa shape index (κ3) is 4.59. The quantitative estimate of drug-likeness (QED) is 0.671. The first-order valence-electron chi connectivity index (χ1n) is 8.88. The average molecular weight is 419 g/mol. The van der Waals surface area contributed by atoms with Crippen LogP contribution in [0.4, 0.5) is 0 Å². The first-order valence-corrected chi connectivity index (χ1v) is 11.0. The van der Waals surface area contributed by atoms with Crippen molar-refractivity contribution >= 4 is 0 Å². The molecule has 0 amide bonds. The van der Waals surface area contributed by atoms with Crippen LogP contribution in [0.1, 0.15) is 69.9 Å². The predicted molar refractivity (Wildman–Crippen MR) is 94.8 cm³/mol. The van der Waals surface area contributed by atoms with Gasteiger partial charge in [-0.1, -0.05) is 64.3 Å². The highest BCUT2D eigenvalue weighted by Crippen LogP contribution is 2.32. The summed E-state index contributed by atoms with van der Waals surface area (Å²) in [4.78, 5) is 0. The zero-order chi connectivity index (χ0) is 16.3. The summed E-state index contributed by atoms with van der Waals surface area (Å²) in [6.07, 6.45) is 7.05. The van der Waals surface area contributed by atoms with Crippen molar-refractivity contribution in [1.82, 2.24) is 0 Å². The van der Waals surface area contributed by atoms with Crippen LogP contribution in [-0.4, -0.2) is 0 Å². The van der Waals surface area contributed by atoms with Gasteiger partial charge in [0.05, 0.1) is 0 Å². The van der Waals surface area contributed by atoms with Crippen LogP contribution in [0, 0.1) is 7.14 Å². The van der Waals surface area contributed by atoms with E-state index in [0.29, 0.717) is 0 Å². The molecule has 0 N–H and O–H groups in total. The molecule has 0 nitrogen and oxygen atoms in total. The Kier molecular flexibility index (Phi) is 5.45. The topological polar surface area (TPSA) is 0 Å². The first-order chi connectivity index (χ1) is 11.0. The Bertz CT molecular complexity index is 611. The van der Waals surface area contributed by atoms with Gasteiger partial charge in [0, 0.05) is 0 Å². The lowest BCUT2D eigenvalue weighted by molar-refractivity contribution is -0.597. The van der Waals surface area contributed by atoms with Crippen molar-refractivity contribution in [2.75, 3.05) is 0 Å². The van der Waals surface area contributed by atoms with Crippen LogP contribution in [0.5, 0.6) is 0 Å². The van der Waals surface area contributed by atoms with Crippen LogP contribution in [0.15, 0.2) is 48.5 Å². The van der Waals surface area contributed by atoms with Crippen molar-refractivity contribution < 1.29 is 21.2 Å². The van der Waals surface area contributed by atoms with E-state index in [2.05, 4.69) is 69.3 Å². The molecule has 23 heavy (non-hydrogen) atoms. The predicted octanol–water partition coefficient (Wildman–Crippen LogP) is 3.16. The second-order valence-corrected chi connectivity index (χ2v) is 10.8. The maximum atomic E-state index is 2.40. The number of benzene rings is 2. The van der Waals surface area contributed by atoms with E-state index < -0.39 is 0 Å². The van der Waals surface area contributed by atoms with E-state index in [1.165, 1.54) is 44.8 Å². The van der Waals surface area contributed by atoms with Gasteiger partial charge in [0.1, 0.15) is 0 Å². The molecule has 2 aromatic carbocycles. The second kappa shape index (κ2) is 7.38. The SMILES string of the molecule is CC(C)(C)c1ccc([I+]c2ccc(C3CCCCC3)cc2)cc1. The van der Waals surface area contributed by atoms with Gasteiger partial charge >= 0.3 is 21.2 Å². The molecule has 3 rings (SSSR count). The molecule has 0 heterocycles. The monoisotopic (exact) mass is 419 g/mol. The van der Waals surface area contributed by atoms with Gasteiger partial charge in [0.25, 0.3) is 0 Å². The maximum absolute atomic E-state index is 2.40. The zero-order valence-electron chi connectivity index (χ0n) is 14.6. The molecule has 0 aliphatic heterocycles. The molecule has 0 aromatic heterocycles.